The Bertz CT molecular complexity index is 552. The zero-order valence-electron chi connectivity index (χ0n) is 10.6. The molecule has 1 unspecified atom stereocenters. The minimum absolute atomic E-state index is 0.00109. The van der Waals surface area contributed by atoms with Crippen LogP contribution >= 0.6 is 15.9 Å². The Hall–Kier alpha value is -1.16. The highest BCUT2D eigenvalue weighted by molar-refractivity contribution is 9.10. The maximum Gasteiger partial charge on any atom is 0.0723 e. The molecule has 2 rings (SSSR count). The minimum Gasteiger partial charge on any atom is -0.271 e. The highest BCUT2D eigenvalue weighted by atomic mass is 79.9. The lowest BCUT2D eigenvalue weighted by atomic mass is 9.95. The van der Waals surface area contributed by atoms with Crippen molar-refractivity contribution in [3.05, 3.63) is 69.2 Å². The van der Waals surface area contributed by atoms with Gasteiger partial charge in [-0.1, -0.05) is 52.3 Å². The molecular formula is C15H17BrN2. The minimum atomic E-state index is 0.00109. The van der Waals surface area contributed by atoms with Crippen LogP contribution in [0.1, 0.15) is 28.3 Å². The first-order valence-electron chi connectivity index (χ1n) is 5.91. The monoisotopic (exact) mass is 304 g/mol. The second kappa shape index (κ2) is 5.65. The zero-order valence-corrected chi connectivity index (χ0v) is 12.2. The van der Waals surface area contributed by atoms with Gasteiger partial charge in [-0.25, -0.2) is 5.43 Å². The number of hydrogen-bond donors (Lipinski definition) is 2. The molecule has 0 spiro atoms. The molecule has 0 saturated carbocycles. The topological polar surface area (TPSA) is 38.0 Å². The Labute approximate surface area is 116 Å². The van der Waals surface area contributed by atoms with Crippen molar-refractivity contribution in [1.82, 2.24) is 5.43 Å². The highest BCUT2D eigenvalue weighted by Crippen LogP contribution is 2.30. The third kappa shape index (κ3) is 2.64. The Morgan fingerprint density at radius 2 is 1.78 bits per heavy atom. The molecule has 0 amide bonds. The van der Waals surface area contributed by atoms with Gasteiger partial charge in [0.1, 0.15) is 0 Å². The highest BCUT2D eigenvalue weighted by Gasteiger charge is 2.16. The molecule has 0 bridgehead atoms. The summed E-state index contributed by atoms with van der Waals surface area (Å²) < 4.78 is 1.08. The molecule has 3 N–H and O–H groups in total. The molecule has 2 aromatic carbocycles. The van der Waals surface area contributed by atoms with Crippen molar-refractivity contribution in [2.45, 2.75) is 19.9 Å². The normalized spacial score (nSPS) is 12.4. The first kappa shape index (κ1) is 13.3. The lowest BCUT2D eigenvalue weighted by molar-refractivity contribution is 0.631. The van der Waals surface area contributed by atoms with Gasteiger partial charge in [0.2, 0.25) is 0 Å². The van der Waals surface area contributed by atoms with Gasteiger partial charge in [0, 0.05) is 4.47 Å². The molecule has 0 aliphatic rings. The maximum atomic E-state index is 5.74. The Kier molecular flexibility index (Phi) is 4.17. The number of aryl methyl sites for hydroxylation is 2. The molecule has 0 aromatic heterocycles. The summed E-state index contributed by atoms with van der Waals surface area (Å²) in [5.74, 6) is 5.74. The second-order valence-corrected chi connectivity index (χ2v) is 5.34. The fraction of sp³-hybridized carbons (Fsp3) is 0.200. The fourth-order valence-corrected chi connectivity index (χ4v) is 2.85. The molecule has 18 heavy (non-hydrogen) atoms. The van der Waals surface area contributed by atoms with Crippen LogP contribution in [0.15, 0.2) is 46.9 Å². The predicted octanol–water partition coefficient (Wildman–Crippen LogP) is 3.62. The molecule has 94 valence electrons. The summed E-state index contributed by atoms with van der Waals surface area (Å²) in [4.78, 5) is 0. The molecule has 0 aliphatic heterocycles. The smallest absolute Gasteiger partial charge is 0.0723 e. The van der Waals surface area contributed by atoms with E-state index in [2.05, 4.69) is 65.5 Å². The van der Waals surface area contributed by atoms with Gasteiger partial charge < -0.3 is 0 Å². The molecule has 0 heterocycles. The van der Waals surface area contributed by atoms with Crippen LogP contribution in [0.2, 0.25) is 0 Å². The number of hydrazine groups is 1. The number of nitrogens with two attached hydrogens (primary N) is 1. The zero-order chi connectivity index (χ0) is 13.1. The molecule has 3 heteroatoms. The van der Waals surface area contributed by atoms with Gasteiger partial charge in [-0.05, 0) is 42.2 Å². The van der Waals surface area contributed by atoms with Crippen molar-refractivity contribution in [1.29, 1.82) is 0 Å². The molecule has 2 aromatic rings. The third-order valence-corrected chi connectivity index (χ3v) is 3.82. The van der Waals surface area contributed by atoms with E-state index in [1.54, 1.807) is 0 Å². The molecule has 1 atom stereocenters. The lowest BCUT2D eigenvalue weighted by Gasteiger charge is -2.20. The van der Waals surface area contributed by atoms with Gasteiger partial charge >= 0.3 is 0 Å². The average molecular weight is 305 g/mol. The number of hydrogen-bond acceptors (Lipinski definition) is 2. The van der Waals surface area contributed by atoms with E-state index in [0.717, 1.165) is 10.0 Å². The molecule has 2 nitrogen and oxygen atoms in total. The molecule has 0 fully saturated rings. The summed E-state index contributed by atoms with van der Waals surface area (Å²) in [5.41, 5.74) is 7.71. The van der Waals surface area contributed by atoms with Crippen LogP contribution < -0.4 is 11.3 Å². The molecular weight excluding hydrogens is 288 g/mol. The van der Waals surface area contributed by atoms with Gasteiger partial charge in [-0.3, -0.25) is 5.84 Å². The van der Waals surface area contributed by atoms with Crippen LogP contribution in [0.4, 0.5) is 0 Å². The summed E-state index contributed by atoms with van der Waals surface area (Å²) in [7, 11) is 0. The van der Waals surface area contributed by atoms with Crippen molar-refractivity contribution >= 4 is 15.9 Å². The van der Waals surface area contributed by atoms with Crippen molar-refractivity contribution in [3.63, 3.8) is 0 Å². The Morgan fingerprint density at radius 3 is 2.39 bits per heavy atom. The van der Waals surface area contributed by atoms with Gasteiger partial charge in [-0.2, -0.15) is 0 Å². The Balaban J connectivity index is 2.49. The standard InChI is InChI=1S/C15H17BrN2/c1-10-7-8-13(14(16)9-10)15(18-17)12-6-4-3-5-11(12)2/h3-9,15,18H,17H2,1-2H3. The van der Waals surface area contributed by atoms with Crippen LogP contribution in [-0.4, -0.2) is 0 Å². The van der Waals surface area contributed by atoms with Crippen molar-refractivity contribution in [2.75, 3.05) is 0 Å². The third-order valence-electron chi connectivity index (χ3n) is 3.13. The van der Waals surface area contributed by atoms with E-state index in [0.29, 0.717) is 0 Å². The largest absolute Gasteiger partial charge is 0.271 e. The first-order valence-corrected chi connectivity index (χ1v) is 6.70. The quantitative estimate of drug-likeness (QED) is 0.671. The lowest BCUT2D eigenvalue weighted by Crippen LogP contribution is -2.29. The van der Waals surface area contributed by atoms with Crippen LogP contribution in [-0.2, 0) is 0 Å². The number of rotatable bonds is 3. The molecule has 0 saturated heterocycles. The maximum absolute atomic E-state index is 5.74. The van der Waals surface area contributed by atoms with Crippen molar-refractivity contribution in [2.24, 2.45) is 5.84 Å². The predicted molar refractivity (Wildman–Crippen MR) is 79.2 cm³/mol. The van der Waals surface area contributed by atoms with Crippen LogP contribution in [0.25, 0.3) is 0 Å². The van der Waals surface area contributed by atoms with Gasteiger partial charge in [-0.15, -0.1) is 0 Å². The number of halogens is 1. The number of nitrogens with one attached hydrogen (secondary N) is 1. The first-order chi connectivity index (χ1) is 8.63. The van der Waals surface area contributed by atoms with Gasteiger partial charge in [0.25, 0.3) is 0 Å². The van der Waals surface area contributed by atoms with E-state index >= 15 is 0 Å². The van der Waals surface area contributed by atoms with Crippen molar-refractivity contribution < 1.29 is 0 Å². The Morgan fingerprint density at radius 1 is 1.06 bits per heavy atom. The summed E-state index contributed by atoms with van der Waals surface area (Å²) in [6.45, 7) is 4.18. The van der Waals surface area contributed by atoms with Gasteiger partial charge in [0.15, 0.2) is 0 Å². The van der Waals surface area contributed by atoms with Crippen LogP contribution in [0.5, 0.6) is 0 Å². The summed E-state index contributed by atoms with van der Waals surface area (Å²) in [6, 6.07) is 14.6. The number of benzene rings is 2. The van der Waals surface area contributed by atoms with E-state index in [1.807, 2.05) is 12.1 Å². The van der Waals surface area contributed by atoms with Gasteiger partial charge in [0.05, 0.1) is 6.04 Å². The molecule has 0 aliphatic carbocycles. The van der Waals surface area contributed by atoms with E-state index < -0.39 is 0 Å². The fourth-order valence-electron chi connectivity index (χ4n) is 2.12. The van der Waals surface area contributed by atoms with Crippen LogP contribution in [0.3, 0.4) is 0 Å². The van der Waals surface area contributed by atoms with Crippen LogP contribution in [0, 0.1) is 13.8 Å². The van der Waals surface area contributed by atoms with E-state index in [4.69, 9.17) is 5.84 Å². The summed E-state index contributed by atoms with van der Waals surface area (Å²) in [5, 5.41) is 0. The average Bonchev–Trinajstić information content (AvgIpc) is 2.34. The van der Waals surface area contributed by atoms with Crippen molar-refractivity contribution in [3.8, 4) is 0 Å². The van der Waals surface area contributed by atoms with E-state index in [9.17, 15) is 0 Å². The second-order valence-electron chi connectivity index (χ2n) is 4.48. The SMILES string of the molecule is Cc1ccc(C(NN)c2ccccc2C)c(Br)c1. The molecule has 0 radical (unpaired) electrons. The summed E-state index contributed by atoms with van der Waals surface area (Å²) >= 11 is 3.61. The summed E-state index contributed by atoms with van der Waals surface area (Å²) in [6.07, 6.45) is 0. The van der Waals surface area contributed by atoms with E-state index in [1.165, 1.54) is 16.7 Å². The van der Waals surface area contributed by atoms with E-state index in [-0.39, 0.29) is 6.04 Å².